The van der Waals surface area contributed by atoms with Gasteiger partial charge in [0.2, 0.25) is 0 Å². The van der Waals surface area contributed by atoms with Crippen LogP contribution < -0.4 is 4.74 Å². The highest BCUT2D eigenvalue weighted by atomic mass is 79.9. The van der Waals surface area contributed by atoms with Crippen molar-refractivity contribution >= 4 is 39.1 Å². The van der Waals surface area contributed by atoms with Gasteiger partial charge in [-0.15, -0.1) is 0 Å². The predicted molar refractivity (Wildman–Crippen MR) is 80.3 cm³/mol. The molecule has 0 amide bonds. The molecule has 0 N–H and O–H groups in total. The van der Waals surface area contributed by atoms with Gasteiger partial charge in [-0.3, -0.25) is 0 Å². The number of rotatable bonds is 3. The average molecular weight is 346 g/mol. The normalized spacial score (nSPS) is 10.4. The van der Waals surface area contributed by atoms with Crippen molar-refractivity contribution in [3.05, 3.63) is 57.6 Å². The number of hydrogen-bond acceptors (Lipinski definition) is 1. The molecular formula is C14H11BrCl2O. The van der Waals surface area contributed by atoms with Crippen molar-refractivity contribution in [3.8, 4) is 11.5 Å². The van der Waals surface area contributed by atoms with Crippen LogP contribution in [0.2, 0.25) is 10.0 Å². The number of halogens is 3. The minimum atomic E-state index is 0.598. The fourth-order valence-corrected chi connectivity index (χ4v) is 2.51. The van der Waals surface area contributed by atoms with Gasteiger partial charge in [0.1, 0.15) is 11.5 Å². The van der Waals surface area contributed by atoms with Crippen molar-refractivity contribution in [1.82, 2.24) is 0 Å². The molecule has 18 heavy (non-hydrogen) atoms. The molecular weight excluding hydrogens is 335 g/mol. The Bertz CT molecular complexity index is 570. The standard InChI is InChI=1S/C14H11BrCl2O/c1-9-7-11(16)5-6-13(9)18-14-10(8-15)3-2-4-12(14)17/h2-7H,8H2,1H3. The van der Waals surface area contributed by atoms with Crippen LogP contribution in [-0.4, -0.2) is 0 Å². The summed E-state index contributed by atoms with van der Waals surface area (Å²) in [6, 6.07) is 11.2. The van der Waals surface area contributed by atoms with E-state index in [2.05, 4.69) is 15.9 Å². The number of hydrogen-bond donors (Lipinski definition) is 0. The fraction of sp³-hybridized carbons (Fsp3) is 0.143. The van der Waals surface area contributed by atoms with Crippen LogP contribution in [0.4, 0.5) is 0 Å². The van der Waals surface area contributed by atoms with E-state index in [-0.39, 0.29) is 0 Å². The highest BCUT2D eigenvalue weighted by molar-refractivity contribution is 9.08. The second kappa shape index (κ2) is 5.96. The van der Waals surface area contributed by atoms with E-state index >= 15 is 0 Å². The molecule has 0 unspecified atom stereocenters. The molecule has 4 heteroatoms. The lowest BCUT2D eigenvalue weighted by Crippen LogP contribution is -1.92. The number of alkyl halides is 1. The van der Waals surface area contributed by atoms with Crippen LogP contribution in [-0.2, 0) is 5.33 Å². The molecule has 0 saturated heterocycles. The third-order valence-electron chi connectivity index (χ3n) is 2.54. The minimum Gasteiger partial charge on any atom is -0.455 e. The highest BCUT2D eigenvalue weighted by Gasteiger charge is 2.10. The summed E-state index contributed by atoms with van der Waals surface area (Å²) in [6.45, 7) is 1.95. The Morgan fingerprint density at radius 1 is 1.17 bits per heavy atom. The van der Waals surface area contributed by atoms with E-state index in [9.17, 15) is 0 Å². The number of aryl methyl sites for hydroxylation is 1. The van der Waals surface area contributed by atoms with Crippen LogP contribution in [0.25, 0.3) is 0 Å². The summed E-state index contributed by atoms with van der Waals surface area (Å²) >= 11 is 15.5. The van der Waals surface area contributed by atoms with E-state index in [1.165, 1.54) is 0 Å². The zero-order valence-corrected chi connectivity index (χ0v) is 12.8. The van der Waals surface area contributed by atoms with Gasteiger partial charge in [-0.2, -0.15) is 0 Å². The molecule has 0 aliphatic rings. The Morgan fingerprint density at radius 2 is 1.94 bits per heavy atom. The monoisotopic (exact) mass is 344 g/mol. The lowest BCUT2D eigenvalue weighted by Gasteiger charge is -2.13. The minimum absolute atomic E-state index is 0.598. The first-order valence-electron chi connectivity index (χ1n) is 5.39. The fourth-order valence-electron chi connectivity index (χ4n) is 1.61. The van der Waals surface area contributed by atoms with E-state index in [1.54, 1.807) is 6.07 Å². The summed E-state index contributed by atoms with van der Waals surface area (Å²) in [7, 11) is 0. The van der Waals surface area contributed by atoms with Gasteiger partial charge in [-0.05, 0) is 36.8 Å². The number of para-hydroxylation sites is 1. The van der Waals surface area contributed by atoms with Crippen LogP contribution in [0, 0.1) is 6.92 Å². The summed E-state index contributed by atoms with van der Waals surface area (Å²) < 4.78 is 5.90. The molecule has 2 aromatic carbocycles. The topological polar surface area (TPSA) is 9.23 Å². The van der Waals surface area contributed by atoms with Gasteiger partial charge in [-0.1, -0.05) is 51.3 Å². The Kier molecular flexibility index (Phi) is 4.55. The Morgan fingerprint density at radius 3 is 2.61 bits per heavy atom. The molecule has 94 valence electrons. The van der Waals surface area contributed by atoms with Gasteiger partial charge >= 0.3 is 0 Å². The molecule has 0 bridgehead atoms. The molecule has 0 fully saturated rings. The van der Waals surface area contributed by atoms with Crippen LogP contribution in [0.1, 0.15) is 11.1 Å². The maximum Gasteiger partial charge on any atom is 0.150 e. The third-order valence-corrected chi connectivity index (χ3v) is 3.68. The predicted octanol–water partition coefficient (Wildman–Crippen LogP) is 5.99. The molecule has 0 aromatic heterocycles. The average Bonchev–Trinajstić information content (AvgIpc) is 2.34. The number of benzene rings is 2. The van der Waals surface area contributed by atoms with E-state index in [1.807, 2.05) is 37.3 Å². The zero-order valence-electron chi connectivity index (χ0n) is 9.71. The van der Waals surface area contributed by atoms with E-state index < -0.39 is 0 Å². The van der Waals surface area contributed by atoms with Crippen LogP contribution in [0.5, 0.6) is 11.5 Å². The molecule has 0 heterocycles. The summed E-state index contributed by atoms with van der Waals surface area (Å²) in [5.74, 6) is 1.44. The second-order valence-corrected chi connectivity index (χ2v) is 5.28. The van der Waals surface area contributed by atoms with Crippen LogP contribution in [0.3, 0.4) is 0 Å². The van der Waals surface area contributed by atoms with E-state index in [0.29, 0.717) is 21.1 Å². The lowest BCUT2D eigenvalue weighted by molar-refractivity contribution is 0.475. The van der Waals surface area contributed by atoms with Crippen LogP contribution >= 0.6 is 39.1 Å². The van der Waals surface area contributed by atoms with Crippen molar-refractivity contribution < 1.29 is 4.74 Å². The Labute approximate surface area is 125 Å². The summed E-state index contributed by atoms with van der Waals surface area (Å²) in [4.78, 5) is 0. The van der Waals surface area contributed by atoms with Gasteiger partial charge in [0.05, 0.1) is 5.02 Å². The van der Waals surface area contributed by atoms with Crippen molar-refractivity contribution in [3.63, 3.8) is 0 Å². The third kappa shape index (κ3) is 3.00. The van der Waals surface area contributed by atoms with Crippen LogP contribution in [0.15, 0.2) is 36.4 Å². The molecule has 0 saturated carbocycles. The Balaban J connectivity index is 2.39. The van der Waals surface area contributed by atoms with Gasteiger partial charge in [0, 0.05) is 15.9 Å². The first kappa shape index (κ1) is 13.7. The molecule has 0 spiro atoms. The quantitative estimate of drug-likeness (QED) is 0.621. The lowest BCUT2D eigenvalue weighted by atomic mass is 10.2. The van der Waals surface area contributed by atoms with Gasteiger partial charge in [0.15, 0.2) is 0 Å². The SMILES string of the molecule is Cc1cc(Cl)ccc1Oc1c(Cl)cccc1CBr. The molecule has 1 nitrogen and oxygen atoms in total. The highest BCUT2D eigenvalue weighted by Crippen LogP contribution is 2.35. The molecule has 2 rings (SSSR count). The maximum atomic E-state index is 6.17. The first-order chi connectivity index (χ1) is 8.61. The van der Waals surface area contributed by atoms with Crippen molar-refractivity contribution in [2.75, 3.05) is 0 Å². The molecule has 0 radical (unpaired) electrons. The summed E-state index contributed by atoms with van der Waals surface area (Å²) in [5.41, 5.74) is 1.99. The molecule has 0 aliphatic carbocycles. The van der Waals surface area contributed by atoms with Crippen molar-refractivity contribution in [2.45, 2.75) is 12.3 Å². The molecule has 0 atom stereocenters. The summed E-state index contributed by atoms with van der Waals surface area (Å²) in [5, 5.41) is 1.98. The largest absolute Gasteiger partial charge is 0.455 e. The van der Waals surface area contributed by atoms with Crippen molar-refractivity contribution in [1.29, 1.82) is 0 Å². The maximum absolute atomic E-state index is 6.17. The molecule has 0 aliphatic heterocycles. The van der Waals surface area contributed by atoms with Gasteiger partial charge < -0.3 is 4.74 Å². The smallest absolute Gasteiger partial charge is 0.150 e. The van der Waals surface area contributed by atoms with Crippen molar-refractivity contribution in [2.24, 2.45) is 0 Å². The Hall–Kier alpha value is -0.700. The summed E-state index contributed by atoms with van der Waals surface area (Å²) in [6.07, 6.45) is 0. The van der Waals surface area contributed by atoms with Gasteiger partial charge in [0.25, 0.3) is 0 Å². The van der Waals surface area contributed by atoms with E-state index in [0.717, 1.165) is 16.9 Å². The second-order valence-electron chi connectivity index (χ2n) is 3.87. The first-order valence-corrected chi connectivity index (χ1v) is 7.27. The molecule has 2 aromatic rings. The van der Waals surface area contributed by atoms with E-state index in [4.69, 9.17) is 27.9 Å². The number of ether oxygens (including phenoxy) is 1. The zero-order chi connectivity index (χ0) is 13.1. The van der Waals surface area contributed by atoms with Gasteiger partial charge in [-0.25, -0.2) is 0 Å².